The number of rotatable bonds is 9. The SMILES string of the molecule is COc1ccc([C@@H](C)NC(C)C(=O)c2ccc(OCc3ccccc3)cc2)cc1. The van der Waals surface area contributed by atoms with Gasteiger partial charge in [0.1, 0.15) is 18.1 Å². The van der Waals surface area contributed by atoms with Crippen LogP contribution in [0.15, 0.2) is 78.9 Å². The van der Waals surface area contributed by atoms with Crippen molar-refractivity contribution in [3.8, 4) is 11.5 Å². The molecular formula is C25H27NO3. The number of ether oxygens (including phenoxy) is 2. The van der Waals surface area contributed by atoms with Crippen LogP contribution < -0.4 is 14.8 Å². The standard InChI is InChI=1S/C25H27NO3/c1-18(21-9-13-23(28-3)14-10-21)26-19(2)25(27)22-11-15-24(16-12-22)29-17-20-7-5-4-6-8-20/h4-16,18-19,26H,17H2,1-3H3/t18-,19?/m1/s1. The summed E-state index contributed by atoms with van der Waals surface area (Å²) in [7, 11) is 1.65. The van der Waals surface area contributed by atoms with E-state index in [0.29, 0.717) is 12.2 Å². The Morgan fingerprint density at radius 1 is 0.862 bits per heavy atom. The van der Waals surface area contributed by atoms with Crippen LogP contribution in [0.1, 0.15) is 41.4 Å². The van der Waals surface area contributed by atoms with E-state index in [-0.39, 0.29) is 17.9 Å². The van der Waals surface area contributed by atoms with E-state index < -0.39 is 0 Å². The molecule has 3 aromatic carbocycles. The van der Waals surface area contributed by atoms with E-state index >= 15 is 0 Å². The Kier molecular flexibility index (Phi) is 7.04. The smallest absolute Gasteiger partial charge is 0.179 e. The molecule has 0 fully saturated rings. The molecule has 0 radical (unpaired) electrons. The highest BCUT2D eigenvalue weighted by Crippen LogP contribution is 2.19. The number of benzene rings is 3. The van der Waals surface area contributed by atoms with Crippen LogP contribution in [0.3, 0.4) is 0 Å². The van der Waals surface area contributed by atoms with Crippen molar-refractivity contribution >= 4 is 5.78 Å². The molecule has 0 saturated carbocycles. The summed E-state index contributed by atoms with van der Waals surface area (Å²) >= 11 is 0. The number of methoxy groups -OCH3 is 1. The molecule has 0 heterocycles. The molecule has 29 heavy (non-hydrogen) atoms. The predicted octanol–water partition coefficient (Wildman–Crippen LogP) is 5.20. The molecule has 4 heteroatoms. The Balaban J connectivity index is 1.55. The first-order valence-corrected chi connectivity index (χ1v) is 9.78. The van der Waals surface area contributed by atoms with Crippen molar-refractivity contribution < 1.29 is 14.3 Å². The number of Topliss-reactive ketones (excluding diaryl/α,β-unsaturated/α-hetero) is 1. The average molecular weight is 389 g/mol. The normalized spacial score (nSPS) is 12.8. The van der Waals surface area contributed by atoms with Crippen molar-refractivity contribution in [2.75, 3.05) is 7.11 Å². The molecule has 0 saturated heterocycles. The molecule has 0 spiro atoms. The minimum Gasteiger partial charge on any atom is -0.497 e. The quantitative estimate of drug-likeness (QED) is 0.511. The highest BCUT2D eigenvalue weighted by atomic mass is 16.5. The zero-order valence-corrected chi connectivity index (χ0v) is 17.1. The van der Waals surface area contributed by atoms with Crippen molar-refractivity contribution in [1.29, 1.82) is 0 Å². The lowest BCUT2D eigenvalue weighted by molar-refractivity contribution is 0.0945. The molecule has 0 bridgehead atoms. The molecule has 2 atom stereocenters. The Bertz CT molecular complexity index is 905. The summed E-state index contributed by atoms with van der Waals surface area (Å²) in [4.78, 5) is 12.8. The third kappa shape index (κ3) is 5.69. The van der Waals surface area contributed by atoms with Gasteiger partial charge >= 0.3 is 0 Å². The maximum absolute atomic E-state index is 12.8. The molecule has 0 aromatic heterocycles. The number of carbonyl (C=O) groups is 1. The first-order valence-electron chi connectivity index (χ1n) is 9.78. The Labute approximate surface area is 172 Å². The van der Waals surface area contributed by atoms with Crippen LogP contribution in [-0.2, 0) is 6.61 Å². The Hall–Kier alpha value is -3.11. The van der Waals surface area contributed by atoms with Gasteiger partial charge in [-0.3, -0.25) is 4.79 Å². The van der Waals surface area contributed by atoms with Crippen molar-refractivity contribution in [2.24, 2.45) is 0 Å². The molecule has 3 rings (SSSR count). The summed E-state index contributed by atoms with van der Waals surface area (Å²) in [5.41, 5.74) is 2.88. The van der Waals surface area contributed by atoms with Gasteiger partial charge in [0.15, 0.2) is 5.78 Å². The van der Waals surface area contributed by atoms with Crippen LogP contribution in [0.2, 0.25) is 0 Å². The van der Waals surface area contributed by atoms with Gasteiger partial charge in [-0.25, -0.2) is 0 Å². The zero-order chi connectivity index (χ0) is 20.6. The van der Waals surface area contributed by atoms with E-state index in [9.17, 15) is 4.79 Å². The predicted molar refractivity (Wildman–Crippen MR) is 116 cm³/mol. The summed E-state index contributed by atoms with van der Waals surface area (Å²) in [6.07, 6.45) is 0. The third-order valence-corrected chi connectivity index (χ3v) is 4.90. The van der Waals surface area contributed by atoms with Gasteiger partial charge in [-0.15, -0.1) is 0 Å². The third-order valence-electron chi connectivity index (χ3n) is 4.90. The van der Waals surface area contributed by atoms with Crippen LogP contribution in [0.4, 0.5) is 0 Å². The van der Waals surface area contributed by atoms with E-state index in [1.165, 1.54) is 0 Å². The van der Waals surface area contributed by atoms with Gasteiger partial charge in [0.25, 0.3) is 0 Å². The Morgan fingerprint density at radius 3 is 2.10 bits per heavy atom. The first kappa shape index (κ1) is 20.6. The first-order chi connectivity index (χ1) is 14.1. The van der Waals surface area contributed by atoms with Crippen LogP contribution in [-0.4, -0.2) is 18.9 Å². The fourth-order valence-electron chi connectivity index (χ4n) is 3.15. The maximum atomic E-state index is 12.8. The average Bonchev–Trinajstić information content (AvgIpc) is 2.78. The molecule has 1 unspecified atom stereocenters. The molecule has 3 aromatic rings. The largest absolute Gasteiger partial charge is 0.497 e. The van der Waals surface area contributed by atoms with E-state index in [1.807, 2.05) is 92.7 Å². The summed E-state index contributed by atoms with van der Waals surface area (Å²) in [6, 6.07) is 24.9. The second kappa shape index (κ2) is 9.89. The second-order valence-electron chi connectivity index (χ2n) is 7.05. The number of hydrogen-bond donors (Lipinski definition) is 1. The van der Waals surface area contributed by atoms with Gasteiger partial charge in [-0.2, -0.15) is 0 Å². The molecule has 0 aliphatic heterocycles. The van der Waals surface area contributed by atoms with Gasteiger partial charge in [-0.05, 0) is 61.4 Å². The summed E-state index contributed by atoms with van der Waals surface area (Å²) in [5.74, 6) is 1.62. The maximum Gasteiger partial charge on any atom is 0.179 e. The number of carbonyl (C=O) groups excluding carboxylic acids is 1. The summed E-state index contributed by atoms with van der Waals surface area (Å²) in [5, 5.41) is 3.37. The topological polar surface area (TPSA) is 47.6 Å². The van der Waals surface area contributed by atoms with E-state index in [4.69, 9.17) is 9.47 Å². The lowest BCUT2D eigenvalue weighted by Crippen LogP contribution is -2.35. The second-order valence-corrected chi connectivity index (χ2v) is 7.05. The number of nitrogens with one attached hydrogen (secondary N) is 1. The minimum atomic E-state index is -0.303. The molecule has 0 amide bonds. The molecular weight excluding hydrogens is 362 g/mol. The fraction of sp³-hybridized carbons (Fsp3) is 0.240. The van der Waals surface area contributed by atoms with Crippen LogP contribution in [0.25, 0.3) is 0 Å². The van der Waals surface area contributed by atoms with Gasteiger partial charge in [0.2, 0.25) is 0 Å². The van der Waals surface area contributed by atoms with Gasteiger partial charge < -0.3 is 14.8 Å². The molecule has 0 aliphatic carbocycles. The lowest BCUT2D eigenvalue weighted by Gasteiger charge is -2.20. The highest BCUT2D eigenvalue weighted by Gasteiger charge is 2.18. The van der Waals surface area contributed by atoms with Crippen molar-refractivity contribution in [3.05, 3.63) is 95.6 Å². The van der Waals surface area contributed by atoms with Crippen LogP contribution in [0, 0.1) is 0 Å². The Morgan fingerprint density at radius 2 is 1.48 bits per heavy atom. The molecule has 1 N–H and O–H groups in total. The molecule has 0 aliphatic rings. The monoisotopic (exact) mass is 389 g/mol. The molecule has 4 nitrogen and oxygen atoms in total. The van der Waals surface area contributed by atoms with Gasteiger partial charge in [0.05, 0.1) is 13.2 Å². The van der Waals surface area contributed by atoms with Crippen molar-refractivity contribution in [1.82, 2.24) is 5.32 Å². The zero-order valence-electron chi connectivity index (χ0n) is 17.1. The number of ketones is 1. The van der Waals surface area contributed by atoms with Crippen molar-refractivity contribution in [3.63, 3.8) is 0 Å². The minimum absolute atomic E-state index is 0.0494. The van der Waals surface area contributed by atoms with Crippen molar-refractivity contribution in [2.45, 2.75) is 32.5 Å². The van der Waals surface area contributed by atoms with Gasteiger partial charge in [0, 0.05) is 11.6 Å². The van der Waals surface area contributed by atoms with E-state index in [1.54, 1.807) is 7.11 Å². The summed E-state index contributed by atoms with van der Waals surface area (Å²) in [6.45, 7) is 4.44. The van der Waals surface area contributed by atoms with Crippen LogP contribution in [0.5, 0.6) is 11.5 Å². The number of hydrogen-bond acceptors (Lipinski definition) is 4. The van der Waals surface area contributed by atoms with E-state index in [0.717, 1.165) is 22.6 Å². The van der Waals surface area contributed by atoms with E-state index in [2.05, 4.69) is 5.32 Å². The van der Waals surface area contributed by atoms with Crippen LogP contribution >= 0.6 is 0 Å². The molecule has 150 valence electrons. The summed E-state index contributed by atoms with van der Waals surface area (Å²) < 4.78 is 11.0. The van der Waals surface area contributed by atoms with Gasteiger partial charge in [-0.1, -0.05) is 42.5 Å². The lowest BCUT2D eigenvalue weighted by atomic mass is 10.0. The fourth-order valence-corrected chi connectivity index (χ4v) is 3.15. The highest BCUT2D eigenvalue weighted by molar-refractivity contribution is 5.99.